The molecular formula is C24H27Cl2NO4. The Labute approximate surface area is 193 Å². The fourth-order valence-corrected chi connectivity index (χ4v) is 4.31. The molecule has 166 valence electrons. The fraction of sp³-hybridized carbons (Fsp3) is 0.417. The zero-order valence-electron chi connectivity index (χ0n) is 18.4. The van der Waals surface area contributed by atoms with Crippen LogP contribution in [0.4, 0.5) is 4.79 Å². The molecule has 0 aromatic heterocycles. The van der Waals surface area contributed by atoms with Crippen LogP contribution in [0, 0.1) is 0 Å². The molecule has 0 aliphatic heterocycles. The third kappa shape index (κ3) is 5.16. The quantitative estimate of drug-likeness (QED) is 0.480. The van der Waals surface area contributed by atoms with Crippen molar-refractivity contribution in [2.45, 2.75) is 51.2 Å². The van der Waals surface area contributed by atoms with Crippen molar-refractivity contribution in [3.63, 3.8) is 0 Å². The van der Waals surface area contributed by atoms with E-state index >= 15 is 0 Å². The van der Waals surface area contributed by atoms with Gasteiger partial charge < -0.3 is 14.4 Å². The molecule has 0 bridgehead atoms. The molecule has 2 aromatic carbocycles. The Hall–Kier alpha value is -2.24. The molecule has 0 saturated carbocycles. The average molecular weight is 464 g/mol. The van der Waals surface area contributed by atoms with Gasteiger partial charge in [-0.2, -0.15) is 0 Å². The summed E-state index contributed by atoms with van der Waals surface area (Å²) in [5.74, 6) is -0.349. The molecule has 0 N–H and O–H groups in total. The first-order valence-electron chi connectivity index (χ1n) is 10.1. The van der Waals surface area contributed by atoms with Crippen molar-refractivity contribution in [1.29, 1.82) is 0 Å². The average Bonchev–Trinajstić information content (AvgIpc) is 2.72. The molecule has 31 heavy (non-hydrogen) atoms. The van der Waals surface area contributed by atoms with Gasteiger partial charge in [-0.3, -0.25) is 0 Å². The van der Waals surface area contributed by atoms with Crippen LogP contribution < -0.4 is 0 Å². The van der Waals surface area contributed by atoms with Gasteiger partial charge in [0.15, 0.2) is 0 Å². The van der Waals surface area contributed by atoms with Gasteiger partial charge in [0.25, 0.3) is 0 Å². The largest absolute Gasteiger partial charge is 0.465 e. The zero-order chi connectivity index (χ0) is 22.9. The van der Waals surface area contributed by atoms with Gasteiger partial charge in [-0.15, -0.1) is 0 Å². The van der Waals surface area contributed by atoms with E-state index in [9.17, 15) is 9.59 Å². The van der Waals surface area contributed by atoms with Crippen LogP contribution in [-0.2, 0) is 9.47 Å². The summed E-state index contributed by atoms with van der Waals surface area (Å²) in [6, 6.07) is 10.9. The number of nitrogens with zero attached hydrogens (tertiary/aromatic N) is 1. The van der Waals surface area contributed by atoms with Crippen LogP contribution in [0.25, 0.3) is 0 Å². The molecule has 3 rings (SSSR count). The summed E-state index contributed by atoms with van der Waals surface area (Å²) in [5, 5.41) is 1.00. The Morgan fingerprint density at radius 2 is 1.71 bits per heavy atom. The van der Waals surface area contributed by atoms with Crippen molar-refractivity contribution >= 4 is 35.3 Å². The third-order valence-corrected chi connectivity index (χ3v) is 6.21. The number of rotatable bonds is 3. The number of amides is 1. The van der Waals surface area contributed by atoms with Gasteiger partial charge in [-0.05, 0) is 74.6 Å². The molecule has 2 aromatic rings. The minimum atomic E-state index is -0.598. The van der Waals surface area contributed by atoms with E-state index in [1.165, 1.54) is 7.11 Å². The molecule has 2 atom stereocenters. The molecule has 0 spiro atoms. The summed E-state index contributed by atoms with van der Waals surface area (Å²) in [6.07, 6.45) is 1.11. The normalized spacial score (nSPS) is 18.2. The number of hydrogen-bond acceptors (Lipinski definition) is 4. The molecule has 1 aliphatic carbocycles. The van der Waals surface area contributed by atoms with Crippen LogP contribution in [0.5, 0.6) is 0 Å². The van der Waals surface area contributed by atoms with Gasteiger partial charge in [-0.1, -0.05) is 35.3 Å². The second-order valence-electron chi connectivity index (χ2n) is 8.75. The van der Waals surface area contributed by atoms with E-state index in [0.717, 1.165) is 23.1 Å². The summed E-state index contributed by atoms with van der Waals surface area (Å²) in [6.45, 7) is 5.51. The number of benzene rings is 2. The van der Waals surface area contributed by atoms with Crippen LogP contribution in [-0.4, -0.2) is 36.7 Å². The summed E-state index contributed by atoms with van der Waals surface area (Å²) in [5.41, 5.74) is 2.83. The molecule has 0 radical (unpaired) electrons. The lowest BCUT2D eigenvalue weighted by Crippen LogP contribution is -2.38. The molecule has 0 saturated heterocycles. The van der Waals surface area contributed by atoms with E-state index in [1.807, 2.05) is 45.0 Å². The third-order valence-electron chi connectivity index (χ3n) is 5.47. The van der Waals surface area contributed by atoms with Crippen molar-refractivity contribution in [3.05, 3.63) is 68.7 Å². The maximum atomic E-state index is 12.8. The first-order valence-corrected chi connectivity index (χ1v) is 10.9. The highest BCUT2D eigenvalue weighted by Gasteiger charge is 2.34. The van der Waals surface area contributed by atoms with Gasteiger partial charge in [0.05, 0.1) is 28.8 Å². The van der Waals surface area contributed by atoms with Crippen molar-refractivity contribution < 1.29 is 19.1 Å². The topological polar surface area (TPSA) is 55.8 Å². The van der Waals surface area contributed by atoms with Crippen LogP contribution in [0.15, 0.2) is 36.4 Å². The summed E-state index contributed by atoms with van der Waals surface area (Å²) < 4.78 is 10.5. The highest BCUT2D eigenvalue weighted by atomic mass is 35.5. The Morgan fingerprint density at radius 3 is 2.32 bits per heavy atom. The molecule has 1 aliphatic rings. The van der Waals surface area contributed by atoms with Crippen molar-refractivity contribution in [2.24, 2.45) is 0 Å². The van der Waals surface area contributed by atoms with E-state index in [0.29, 0.717) is 22.0 Å². The number of esters is 1. The van der Waals surface area contributed by atoms with E-state index in [-0.39, 0.29) is 12.0 Å². The molecule has 5 nitrogen and oxygen atoms in total. The molecule has 1 unspecified atom stereocenters. The number of fused-ring (bicyclic) bond motifs is 1. The standard InChI is InChI=1S/C24H27Cl2NO4/c1-24(2,3)31-23(29)27(4)21-11-9-16(14-7-10-19(25)20(26)13-14)17-8-6-15(12-18(17)21)22(28)30-5/h6-8,10,12-13,16,21H,9,11H2,1-5H3/t16?,21-/m0/s1. The first-order chi connectivity index (χ1) is 14.5. The maximum absolute atomic E-state index is 12.8. The molecule has 7 heteroatoms. The molecular weight excluding hydrogens is 437 g/mol. The highest BCUT2D eigenvalue weighted by Crippen LogP contribution is 2.45. The van der Waals surface area contributed by atoms with Crippen molar-refractivity contribution in [1.82, 2.24) is 4.90 Å². The second kappa shape index (κ2) is 9.09. The maximum Gasteiger partial charge on any atom is 0.410 e. The van der Waals surface area contributed by atoms with Crippen LogP contribution in [0.2, 0.25) is 10.0 Å². The molecule has 1 amide bonds. The lowest BCUT2D eigenvalue weighted by molar-refractivity contribution is 0.0202. The number of ether oxygens (including phenoxy) is 2. The van der Waals surface area contributed by atoms with Gasteiger partial charge in [-0.25, -0.2) is 9.59 Å². The summed E-state index contributed by atoms with van der Waals surface area (Å²) in [4.78, 5) is 26.5. The number of carbonyl (C=O) groups excluding carboxylic acids is 2. The van der Waals surface area contributed by atoms with Crippen molar-refractivity contribution in [2.75, 3.05) is 14.2 Å². The van der Waals surface area contributed by atoms with E-state index in [2.05, 4.69) is 0 Å². The minimum Gasteiger partial charge on any atom is -0.465 e. The van der Waals surface area contributed by atoms with Crippen LogP contribution in [0.1, 0.15) is 72.6 Å². The number of methoxy groups -OCH3 is 1. The zero-order valence-corrected chi connectivity index (χ0v) is 19.9. The van der Waals surface area contributed by atoms with E-state index in [4.69, 9.17) is 32.7 Å². The number of halogens is 2. The Morgan fingerprint density at radius 1 is 1.00 bits per heavy atom. The Bertz CT molecular complexity index is 1000. The Kier molecular flexibility index (Phi) is 6.87. The predicted octanol–water partition coefficient (Wildman–Crippen LogP) is 6.61. The fourth-order valence-electron chi connectivity index (χ4n) is 4.00. The lowest BCUT2D eigenvalue weighted by atomic mass is 9.76. The smallest absolute Gasteiger partial charge is 0.410 e. The SMILES string of the molecule is COC(=O)c1ccc2c(c1)[C@@H](N(C)C(=O)OC(C)(C)C)CCC2c1ccc(Cl)c(Cl)c1. The van der Waals surface area contributed by atoms with Gasteiger partial charge in [0.1, 0.15) is 5.60 Å². The highest BCUT2D eigenvalue weighted by molar-refractivity contribution is 6.42. The van der Waals surface area contributed by atoms with E-state index < -0.39 is 17.7 Å². The van der Waals surface area contributed by atoms with Gasteiger partial charge in [0.2, 0.25) is 0 Å². The summed E-state index contributed by atoms with van der Waals surface area (Å²) >= 11 is 12.4. The minimum absolute atomic E-state index is 0.0692. The first kappa shape index (κ1) is 23.4. The van der Waals surface area contributed by atoms with E-state index in [1.54, 1.807) is 24.1 Å². The molecule has 0 fully saturated rings. The van der Waals surface area contributed by atoms with Crippen LogP contribution in [0.3, 0.4) is 0 Å². The van der Waals surface area contributed by atoms with Crippen molar-refractivity contribution in [3.8, 4) is 0 Å². The predicted molar refractivity (Wildman–Crippen MR) is 122 cm³/mol. The summed E-state index contributed by atoms with van der Waals surface area (Å²) in [7, 11) is 3.08. The second-order valence-corrected chi connectivity index (χ2v) is 9.56. The lowest BCUT2D eigenvalue weighted by Gasteiger charge is -2.37. The van der Waals surface area contributed by atoms with Gasteiger partial charge >= 0.3 is 12.1 Å². The molecule has 0 heterocycles. The number of carbonyl (C=O) groups is 2. The van der Waals surface area contributed by atoms with Crippen LogP contribution >= 0.6 is 23.2 Å². The number of hydrogen-bond donors (Lipinski definition) is 0. The van der Waals surface area contributed by atoms with Gasteiger partial charge in [0, 0.05) is 13.0 Å². The monoisotopic (exact) mass is 463 g/mol. The Balaban J connectivity index is 2.04.